The summed E-state index contributed by atoms with van der Waals surface area (Å²) in [5.74, 6) is -0.541. The van der Waals surface area contributed by atoms with Crippen molar-refractivity contribution in [2.75, 3.05) is 0 Å². The summed E-state index contributed by atoms with van der Waals surface area (Å²) in [6.07, 6.45) is 3.52. The maximum Gasteiger partial charge on any atom is 0.303 e. The van der Waals surface area contributed by atoms with Gasteiger partial charge in [-0.1, -0.05) is 18.6 Å². The minimum atomic E-state index is -0.777. The fraction of sp³-hybridized carbons (Fsp3) is 0.462. The van der Waals surface area contributed by atoms with Crippen molar-refractivity contribution in [1.29, 1.82) is 0 Å². The molecule has 0 spiro atoms. The molecule has 1 saturated carbocycles. The van der Waals surface area contributed by atoms with Gasteiger partial charge < -0.3 is 5.11 Å². The molecule has 3 heteroatoms. The van der Waals surface area contributed by atoms with E-state index in [1.807, 2.05) is 0 Å². The molecule has 2 nitrogen and oxygen atoms in total. The van der Waals surface area contributed by atoms with Crippen LogP contribution in [-0.2, 0) is 4.79 Å². The molecule has 1 atom stereocenters. The summed E-state index contributed by atoms with van der Waals surface area (Å²) in [5.41, 5.74) is 0.952. The third kappa shape index (κ3) is 2.40. The number of benzene rings is 1. The van der Waals surface area contributed by atoms with Crippen LogP contribution in [0.1, 0.15) is 37.2 Å². The molecular formula is C13H15FO2. The minimum Gasteiger partial charge on any atom is -0.481 e. The molecule has 2 rings (SSSR count). The molecule has 1 aromatic carbocycles. The van der Waals surface area contributed by atoms with Gasteiger partial charge in [0.25, 0.3) is 0 Å². The van der Waals surface area contributed by atoms with E-state index < -0.39 is 5.97 Å². The van der Waals surface area contributed by atoms with E-state index in [1.165, 1.54) is 18.6 Å². The molecule has 0 aliphatic heterocycles. The van der Waals surface area contributed by atoms with E-state index in [0.29, 0.717) is 5.92 Å². The van der Waals surface area contributed by atoms with Crippen LogP contribution in [0.4, 0.5) is 4.39 Å². The summed E-state index contributed by atoms with van der Waals surface area (Å²) in [5, 5.41) is 8.89. The fourth-order valence-corrected chi connectivity index (χ4v) is 2.30. The first-order valence-corrected chi connectivity index (χ1v) is 5.64. The maximum absolute atomic E-state index is 12.8. The zero-order valence-corrected chi connectivity index (χ0v) is 9.03. The number of carboxylic acid groups (broad SMARTS) is 1. The van der Waals surface area contributed by atoms with E-state index in [0.717, 1.165) is 18.4 Å². The number of carboxylic acids is 1. The molecule has 86 valence electrons. The Morgan fingerprint density at radius 3 is 2.44 bits per heavy atom. The lowest BCUT2D eigenvalue weighted by molar-refractivity contribution is -0.138. The first-order chi connectivity index (χ1) is 7.66. The van der Waals surface area contributed by atoms with Crippen LogP contribution in [0.5, 0.6) is 0 Å². The molecule has 16 heavy (non-hydrogen) atoms. The smallest absolute Gasteiger partial charge is 0.303 e. The molecule has 1 aliphatic rings. The maximum atomic E-state index is 12.8. The van der Waals surface area contributed by atoms with Gasteiger partial charge in [-0.3, -0.25) is 4.79 Å². The molecule has 0 bridgehead atoms. The third-order valence-corrected chi connectivity index (χ3v) is 3.41. The van der Waals surface area contributed by atoms with Crippen molar-refractivity contribution in [3.8, 4) is 0 Å². The van der Waals surface area contributed by atoms with E-state index >= 15 is 0 Å². The standard InChI is InChI=1S/C13H15FO2/c14-11-6-4-10(5-7-11)12(8-13(15)16)9-2-1-3-9/h4-7,9,12H,1-3,8H2,(H,15,16). The first kappa shape index (κ1) is 11.1. The van der Waals surface area contributed by atoms with Gasteiger partial charge in [-0.25, -0.2) is 4.39 Å². The van der Waals surface area contributed by atoms with Gasteiger partial charge in [-0.2, -0.15) is 0 Å². The number of halogens is 1. The Morgan fingerprint density at radius 2 is 2.00 bits per heavy atom. The quantitative estimate of drug-likeness (QED) is 0.849. The monoisotopic (exact) mass is 222 g/mol. The summed E-state index contributed by atoms with van der Waals surface area (Å²) < 4.78 is 12.8. The highest BCUT2D eigenvalue weighted by Crippen LogP contribution is 2.41. The van der Waals surface area contributed by atoms with Crippen molar-refractivity contribution in [2.24, 2.45) is 5.92 Å². The van der Waals surface area contributed by atoms with Crippen LogP contribution in [0.25, 0.3) is 0 Å². The number of hydrogen-bond donors (Lipinski definition) is 1. The SMILES string of the molecule is O=C(O)CC(c1ccc(F)cc1)C1CCC1. The van der Waals surface area contributed by atoms with E-state index in [1.54, 1.807) is 12.1 Å². The Bertz CT molecular complexity index is 368. The van der Waals surface area contributed by atoms with E-state index in [4.69, 9.17) is 5.11 Å². The van der Waals surface area contributed by atoms with Gasteiger partial charge in [0.2, 0.25) is 0 Å². The predicted molar refractivity (Wildman–Crippen MR) is 58.7 cm³/mol. The average molecular weight is 222 g/mol. The Hall–Kier alpha value is -1.38. The normalized spacial score (nSPS) is 17.8. The largest absolute Gasteiger partial charge is 0.481 e. The lowest BCUT2D eigenvalue weighted by Gasteiger charge is -2.33. The van der Waals surface area contributed by atoms with Crippen molar-refractivity contribution >= 4 is 5.97 Å². The molecule has 1 aromatic rings. The van der Waals surface area contributed by atoms with Crippen LogP contribution in [-0.4, -0.2) is 11.1 Å². The Labute approximate surface area is 94.1 Å². The van der Waals surface area contributed by atoms with Crippen LogP contribution in [0.2, 0.25) is 0 Å². The van der Waals surface area contributed by atoms with Gasteiger partial charge in [0, 0.05) is 0 Å². The molecule has 0 saturated heterocycles. The fourth-order valence-electron chi connectivity index (χ4n) is 2.30. The molecule has 1 fully saturated rings. The zero-order chi connectivity index (χ0) is 11.5. The summed E-state index contributed by atoms with van der Waals surface area (Å²) in [4.78, 5) is 10.8. The van der Waals surface area contributed by atoms with Gasteiger partial charge in [0.1, 0.15) is 5.82 Å². The Kier molecular flexibility index (Phi) is 3.22. The minimum absolute atomic E-state index is 0.0480. The van der Waals surface area contributed by atoms with Crippen LogP contribution in [0.3, 0.4) is 0 Å². The summed E-state index contributed by atoms with van der Waals surface area (Å²) >= 11 is 0. The number of carbonyl (C=O) groups is 1. The molecule has 1 aliphatic carbocycles. The molecule has 0 heterocycles. The lowest BCUT2D eigenvalue weighted by atomic mass is 9.72. The predicted octanol–water partition coefficient (Wildman–Crippen LogP) is 3.18. The van der Waals surface area contributed by atoms with E-state index in [9.17, 15) is 9.18 Å². The van der Waals surface area contributed by atoms with Crippen LogP contribution in [0, 0.1) is 11.7 Å². The van der Waals surface area contributed by atoms with Crippen LogP contribution < -0.4 is 0 Å². The molecule has 0 radical (unpaired) electrons. The van der Waals surface area contributed by atoms with Crippen molar-refractivity contribution < 1.29 is 14.3 Å². The van der Waals surface area contributed by atoms with Gasteiger partial charge >= 0.3 is 5.97 Å². The van der Waals surface area contributed by atoms with Crippen LogP contribution in [0.15, 0.2) is 24.3 Å². The zero-order valence-electron chi connectivity index (χ0n) is 9.03. The van der Waals surface area contributed by atoms with Crippen LogP contribution >= 0.6 is 0 Å². The summed E-state index contributed by atoms with van der Waals surface area (Å²) in [6, 6.07) is 6.23. The van der Waals surface area contributed by atoms with E-state index in [2.05, 4.69) is 0 Å². The van der Waals surface area contributed by atoms with Gasteiger partial charge in [0.15, 0.2) is 0 Å². The third-order valence-electron chi connectivity index (χ3n) is 3.41. The second kappa shape index (κ2) is 4.64. The second-order valence-corrected chi connectivity index (χ2v) is 4.45. The molecule has 1 unspecified atom stereocenters. The number of hydrogen-bond acceptors (Lipinski definition) is 1. The Morgan fingerprint density at radius 1 is 1.38 bits per heavy atom. The summed E-state index contributed by atoms with van der Waals surface area (Å²) in [6.45, 7) is 0. The molecular weight excluding hydrogens is 207 g/mol. The number of aliphatic carboxylic acids is 1. The lowest BCUT2D eigenvalue weighted by Crippen LogP contribution is -2.22. The second-order valence-electron chi connectivity index (χ2n) is 4.45. The van der Waals surface area contributed by atoms with Crippen molar-refractivity contribution in [1.82, 2.24) is 0 Å². The highest BCUT2D eigenvalue weighted by Gasteiger charge is 2.30. The highest BCUT2D eigenvalue weighted by atomic mass is 19.1. The molecule has 0 aromatic heterocycles. The molecule has 1 N–H and O–H groups in total. The topological polar surface area (TPSA) is 37.3 Å². The molecule has 0 amide bonds. The first-order valence-electron chi connectivity index (χ1n) is 5.64. The van der Waals surface area contributed by atoms with Crippen molar-refractivity contribution in [2.45, 2.75) is 31.6 Å². The highest BCUT2D eigenvalue weighted by molar-refractivity contribution is 5.68. The van der Waals surface area contributed by atoms with Crippen molar-refractivity contribution in [3.05, 3.63) is 35.6 Å². The van der Waals surface area contributed by atoms with E-state index in [-0.39, 0.29) is 18.2 Å². The van der Waals surface area contributed by atoms with Gasteiger partial charge in [-0.15, -0.1) is 0 Å². The van der Waals surface area contributed by atoms with Gasteiger partial charge in [0.05, 0.1) is 6.42 Å². The average Bonchev–Trinajstić information content (AvgIpc) is 2.14. The number of rotatable bonds is 4. The Balaban J connectivity index is 2.16. The summed E-state index contributed by atoms with van der Waals surface area (Å²) in [7, 11) is 0. The van der Waals surface area contributed by atoms with Crippen molar-refractivity contribution in [3.63, 3.8) is 0 Å². The van der Waals surface area contributed by atoms with Gasteiger partial charge in [-0.05, 0) is 42.4 Å².